The molecular formula is H9O6P4+3. The van der Waals surface area contributed by atoms with Gasteiger partial charge in [-0.2, -0.15) is 24.6 Å². The maximum atomic E-state index is 8.51. The Hall–Kier alpha value is 0.610. The molecule has 10 heavy (non-hydrogen) atoms. The molecule has 0 amide bonds. The van der Waals surface area contributed by atoms with Gasteiger partial charge >= 0.3 is 26.1 Å². The molecule has 0 aliphatic rings. The standard InChI is InChI=1S/3HO2P.H3P/c3*1-3-2;/h3*3H;1H3/p+3. The topological polar surface area (TPSA) is 112 Å². The van der Waals surface area contributed by atoms with E-state index in [9.17, 15) is 0 Å². The molecule has 0 rings (SSSR count). The normalized spacial score (nSPS) is 6.30. The van der Waals surface area contributed by atoms with Gasteiger partial charge < -0.3 is 0 Å². The second-order valence-corrected chi connectivity index (χ2v) is 0.822. The molecule has 0 aliphatic carbocycles. The van der Waals surface area contributed by atoms with E-state index in [1.807, 2.05) is 0 Å². The van der Waals surface area contributed by atoms with Gasteiger partial charge in [0.1, 0.15) is 0 Å². The summed E-state index contributed by atoms with van der Waals surface area (Å²) in [5.74, 6) is 0. The predicted octanol–water partition coefficient (Wildman–Crippen LogP) is -0.189. The quantitative estimate of drug-likeness (QED) is 0.496. The molecule has 0 fully saturated rings. The van der Waals surface area contributed by atoms with Crippen LogP contribution < -0.4 is 0 Å². The van der Waals surface area contributed by atoms with Crippen molar-refractivity contribution >= 4 is 36.0 Å². The Balaban J connectivity index is -0.0000000257. The Morgan fingerprint density at radius 2 is 0.700 bits per heavy atom. The first kappa shape index (κ1) is 22.4. The van der Waals surface area contributed by atoms with Crippen molar-refractivity contribution in [2.75, 3.05) is 0 Å². The molecule has 10 heteroatoms. The maximum absolute atomic E-state index is 8.51. The summed E-state index contributed by atoms with van der Waals surface area (Å²) in [5.41, 5.74) is 0. The Labute approximate surface area is 65.1 Å². The summed E-state index contributed by atoms with van der Waals surface area (Å²) in [6.07, 6.45) is 0. The van der Waals surface area contributed by atoms with Crippen LogP contribution in [0.25, 0.3) is 0 Å². The molecular weight excluding hydrogens is 220 g/mol. The van der Waals surface area contributed by atoms with E-state index >= 15 is 0 Å². The van der Waals surface area contributed by atoms with Crippen LogP contribution in [0.15, 0.2) is 0 Å². The summed E-state index contributed by atoms with van der Waals surface area (Å²) >= 11 is 0. The van der Waals surface area contributed by atoms with E-state index in [-0.39, 0.29) is 9.90 Å². The minimum absolute atomic E-state index is 0. The van der Waals surface area contributed by atoms with Gasteiger partial charge in [0.05, 0.1) is 0 Å². The fraction of sp³-hybridized carbons (Fsp3) is 0. The van der Waals surface area contributed by atoms with Crippen molar-refractivity contribution in [3.05, 3.63) is 0 Å². The van der Waals surface area contributed by atoms with Crippen molar-refractivity contribution in [3.63, 3.8) is 0 Å². The summed E-state index contributed by atoms with van der Waals surface area (Å²) in [6, 6.07) is 0. The largest absolute Gasteiger partial charge is 0.491 e. The summed E-state index contributed by atoms with van der Waals surface area (Å²) < 4.78 is 25.5. The zero-order valence-electron chi connectivity index (χ0n) is 4.77. The highest BCUT2D eigenvalue weighted by Gasteiger charge is 1.45. The molecule has 62 valence electrons. The van der Waals surface area contributed by atoms with Crippen LogP contribution in [0, 0.1) is 0 Å². The predicted molar refractivity (Wildman–Crippen MR) is 44.8 cm³/mol. The zero-order chi connectivity index (χ0) is 8.12. The zero-order valence-corrected chi connectivity index (χ0v) is 9.19. The van der Waals surface area contributed by atoms with Crippen LogP contribution >= 0.6 is 36.0 Å². The van der Waals surface area contributed by atoms with Gasteiger partial charge in [-0.25, -0.2) is 0 Å². The molecule has 4 atom stereocenters. The molecule has 0 bridgehead atoms. The molecule has 0 heterocycles. The summed E-state index contributed by atoms with van der Waals surface area (Å²) in [6.45, 7) is 0. The van der Waals surface area contributed by atoms with Crippen molar-refractivity contribution in [2.24, 2.45) is 0 Å². The fourth-order valence-electron chi connectivity index (χ4n) is 0. The van der Waals surface area contributed by atoms with E-state index in [0.29, 0.717) is 0 Å². The van der Waals surface area contributed by atoms with Gasteiger partial charge in [0, 0.05) is 0 Å². The second-order valence-electron chi connectivity index (χ2n) is 0.274. The van der Waals surface area contributed by atoms with Gasteiger partial charge in [-0.3, -0.25) is 0 Å². The van der Waals surface area contributed by atoms with E-state index in [1.54, 1.807) is 0 Å². The molecule has 0 aromatic heterocycles. The van der Waals surface area contributed by atoms with E-state index in [1.165, 1.54) is 0 Å². The summed E-state index contributed by atoms with van der Waals surface area (Å²) in [7, 11) is -3.50. The molecule has 0 radical (unpaired) electrons. The van der Waals surface area contributed by atoms with Crippen molar-refractivity contribution in [2.45, 2.75) is 0 Å². The average Bonchev–Trinajstić information content (AvgIpc) is 1.70. The number of hydrogen-bond donors (Lipinski definition) is 3. The Morgan fingerprint density at radius 3 is 0.700 bits per heavy atom. The van der Waals surface area contributed by atoms with Crippen molar-refractivity contribution in [1.29, 1.82) is 0 Å². The highest BCUT2D eigenvalue weighted by atomic mass is 31.1. The van der Waals surface area contributed by atoms with Gasteiger partial charge in [0.2, 0.25) is 0 Å². The lowest BCUT2D eigenvalue weighted by Crippen LogP contribution is -1.03. The molecule has 0 saturated carbocycles. The minimum Gasteiger partial charge on any atom is -0.162 e. The lowest BCUT2D eigenvalue weighted by Gasteiger charge is -1.08. The van der Waals surface area contributed by atoms with Crippen LogP contribution in [0.1, 0.15) is 0 Å². The van der Waals surface area contributed by atoms with Gasteiger partial charge in [0.15, 0.2) is 0 Å². The van der Waals surface area contributed by atoms with Gasteiger partial charge in [0.25, 0.3) is 0 Å². The second kappa shape index (κ2) is 54.7. The third-order valence-electron chi connectivity index (χ3n) is 0. The van der Waals surface area contributed by atoms with Crippen molar-refractivity contribution in [1.82, 2.24) is 0 Å². The molecule has 0 aromatic carbocycles. The third-order valence-corrected chi connectivity index (χ3v) is 0. The average molecular weight is 229 g/mol. The first-order chi connectivity index (χ1) is 4.24. The maximum Gasteiger partial charge on any atom is 0.491 e. The van der Waals surface area contributed by atoms with Crippen LogP contribution in [0.4, 0.5) is 0 Å². The van der Waals surface area contributed by atoms with Crippen molar-refractivity contribution < 1.29 is 28.4 Å². The van der Waals surface area contributed by atoms with E-state index in [2.05, 4.69) is 0 Å². The van der Waals surface area contributed by atoms with Crippen LogP contribution in [0.2, 0.25) is 0 Å². The van der Waals surface area contributed by atoms with E-state index in [4.69, 9.17) is 28.4 Å². The fourth-order valence-corrected chi connectivity index (χ4v) is 0. The molecule has 6 nitrogen and oxygen atoms in total. The summed E-state index contributed by atoms with van der Waals surface area (Å²) in [4.78, 5) is 21.1. The number of rotatable bonds is 0. The highest BCUT2D eigenvalue weighted by Crippen LogP contribution is 1.66. The Morgan fingerprint density at radius 1 is 0.700 bits per heavy atom. The van der Waals surface area contributed by atoms with Crippen LogP contribution in [-0.2, 0) is 13.7 Å². The van der Waals surface area contributed by atoms with E-state index in [0.717, 1.165) is 0 Å². The lowest BCUT2D eigenvalue weighted by atomic mass is 15.9. The van der Waals surface area contributed by atoms with Gasteiger partial charge in [-0.05, 0) is 13.7 Å². The molecule has 0 saturated heterocycles. The molecule has 0 aromatic rings. The van der Waals surface area contributed by atoms with E-state index < -0.39 is 26.1 Å². The summed E-state index contributed by atoms with van der Waals surface area (Å²) in [5, 5.41) is 0. The molecule has 0 spiro atoms. The molecule has 3 N–H and O–H groups in total. The molecule has 4 unspecified atom stereocenters. The Bertz CT molecular complexity index is 46.5. The van der Waals surface area contributed by atoms with Gasteiger partial charge in [-0.1, -0.05) is 0 Å². The van der Waals surface area contributed by atoms with Crippen LogP contribution in [-0.4, -0.2) is 14.7 Å². The van der Waals surface area contributed by atoms with Gasteiger partial charge in [-0.15, -0.1) is 0 Å². The number of hydrogen-bond acceptors (Lipinski definition) is 3. The first-order valence-corrected chi connectivity index (χ1v) is 3.85. The highest BCUT2D eigenvalue weighted by molar-refractivity contribution is 7.16. The minimum atomic E-state index is -1.17. The third kappa shape index (κ3) is 1340. The van der Waals surface area contributed by atoms with Crippen molar-refractivity contribution in [3.8, 4) is 0 Å². The monoisotopic (exact) mass is 229 g/mol. The molecule has 0 aliphatic heterocycles. The van der Waals surface area contributed by atoms with Crippen LogP contribution in [0.5, 0.6) is 0 Å². The SMILES string of the molecule is O=[PH+]O.O=[PH+]O.O=[PH+]O.P. The van der Waals surface area contributed by atoms with Crippen LogP contribution in [0.3, 0.4) is 0 Å². The Kier molecular flexibility index (Phi) is 123. The lowest BCUT2D eigenvalue weighted by molar-refractivity contribution is 0.523. The first-order valence-electron chi connectivity index (χ1n) is 1.28. The smallest absolute Gasteiger partial charge is 0.162 e.